The van der Waals surface area contributed by atoms with Crippen molar-refractivity contribution in [2.75, 3.05) is 6.61 Å². The molecule has 0 aliphatic carbocycles. The van der Waals surface area contributed by atoms with E-state index in [4.69, 9.17) is 16.7 Å². The summed E-state index contributed by atoms with van der Waals surface area (Å²) in [5.41, 5.74) is 10.7. The van der Waals surface area contributed by atoms with Gasteiger partial charge in [-0.05, 0) is 16.7 Å². The molecule has 0 unspecified atom stereocenters. The van der Waals surface area contributed by atoms with Crippen molar-refractivity contribution in [3.8, 4) is 12.3 Å². The van der Waals surface area contributed by atoms with E-state index >= 15 is 0 Å². The summed E-state index contributed by atoms with van der Waals surface area (Å²) in [6.07, 6.45) is 4.87. The van der Waals surface area contributed by atoms with Crippen LogP contribution in [-0.4, -0.2) is 6.61 Å². The molecule has 2 aromatic carbocycles. The summed E-state index contributed by atoms with van der Waals surface area (Å²) < 4.78 is 5.75. The number of rotatable bonds is 6. The van der Waals surface area contributed by atoms with Crippen molar-refractivity contribution in [1.29, 1.82) is 0 Å². The van der Waals surface area contributed by atoms with Crippen LogP contribution in [0.1, 0.15) is 23.3 Å². The Morgan fingerprint density at radius 2 is 1.62 bits per heavy atom. The average Bonchev–Trinajstić information content (AvgIpc) is 2.56. The molecule has 4 nitrogen and oxygen atoms in total. The highest BCUT2D eigenvalue weighted by atomic mass is 16.5. The molecule has 2 rings (SSSR count). The summed E-state index contributed by atoms with van der Waals surface area (Å²) in [6, 6.07) is 18.7. The maximum atomic E-state index is 8.88. The van der Waals surface area contributed by atoms with E-state index < -0.39 is 12.1 Å². The Hall–Kier alpha value is -2.73. The third-order valence-corrected chi connectivity index (χ3v) is 3.08. The summed E-state index contributed by atoms with van der Waals surface area (Å²) in [6.45, 7) is 0.157. The molecule has 0 aliphatic heterocycles. The Balaban J connectivity index is 2.41. The molecule has 0 aromatic heterocycles. The Labute approximate surface area is 124 Å². The lowest BCUT2D eigenvalue weighted by atomic mass is 9.96. The van der Waals surface area contributed by atoms with Crippen LogP contribution in [0.4, 0.5) is 0 Å². The quantitative estimate of drug-likeness (QED) is 0.333. The van der Waals surface area contributed by atoms with Crippen molar-refractivity contribution in [3.05, 3.63) is 82.2 Å². The number of nitrogens with zero attached hydrogens (tertiary/aromatic N) is 3. The molecular weight excluding hydrogens is 262 g/mol. The van der Waals surface area contributed by atoms with Crippen molar-refractivity contribution in [2.24, 2.45) is 5.11 Å². The predicted octanol–water partition coefficient (Wildman–Crippen LogP) is 4.43. The molecule has 0 saturated carbocycles. The van der Waals surface area contributed by atoms with Gasteiger partial charge in [0.2, 0.25) is 0 Å². The Morgan fingerprint density at radius 3 is 2.14 bits per heavy atom. The van der Waals surface area contributed by atoms with Gasteiger partial charge in [-0.2, -0.15) is 0 Å². The van der Waals surface area contributed by atoms with Crippen molar-refractivity contribution in [2.45, 2.75) is 12.1 Å². The van der Waals surface area contributed by atoms with Gasteiger partial charge >= 0.3 is 0 Å². The van der Waals surface area contributed by atoms with Crippen LogP contribution in [0, 0.1) is 12.3 Å². The van der Waals surface area contributed by atoms with E-state index in [1.165, 1.54) is 0 Å². The molecule has 104 valence electrons. The molecular formula is C17H15N3O. The van der Waals surface area contributed by atoms with Gasteiger partial charge in [-0.3, -0.25) is 0 Å². The van der Waals surface area contributed by atoms with E-state index in [-0.39, 0.29) is 6.61 Å². The van der Waals surface area contributed by atoms with Crippen LogP contribution in [0.5, 0.6) is 0 Å². The third-order valence-electron chi connectivity index (χ3n) is 3.08. The Morgan fingerprint density at radius 1 is 1.05 bits per heavy atom. The lowest BCUT2D eigenvalue weighted by Gasteiger charge is -2.24. The Bertz CT molecular complexity index is 643. The Kier molecular flexibility index (Phi) is 5.42. The molecule has 0 fully saturated rings. The zero-order valence-electron chi connectivity index (χ0n) is 11.5. The van der Waals surface area contributed by atoms with Crippen molar-refractivity contribution < 1.29 is 4.74 Å². The molecule has 2 atom stereocenters. The molecule has 0 aliphatic rings. The summed E-state index contributed by atoms with van der Waals surface area (Å²) in [5, 5.41) is 3.91. The molecule has 0 saturated heterocycles. The number of ether oxygens (including phenoxy) is 1. The van der Waals surface area contributed by atoms with Gasteiger partial charge in [-0.25, -0.2) is 0 Å². The van der Waals surface area contributed by atoms with Gasteiger partial charge in [0.15, 0.2) is 0 Å². The second-order valence-electron chi connectivity index (χ2n) is 4.41. The smallest absolute Gasteiger partial charge is 0.108 e. The molecule has 0 heterocycles. The van der Waals surface area contributed by atoms with Gasteiger partial charge < -0.3 is 4.74 Å². The van der Waals surface area contributed by atoms with Gasteiger partial charge in [-0.15, -0.1) is 6.42 Å². The van der Waals surface area contributed by atoms with Gasteiger partial charge in [0, 0.05) is 4.91 Å². The second-order valence-corrected chi connectivity index (χ2v) is 4.41. The molecule has 0 radical (unpaired) electrons. The minimum absolute atomic E-state index is 0.157. The van der Waals surface area contributed by atoms with Crippen molar-refractivity contribution in [3.63, 3.8) is 0 Å². The van der Waals surface area contributed by atoms with Gasteiger partial charge in [0.25, 0.3) is 0 Å². The maximum absolute atomic E-state index is 8.88. The van der Waals surface area contributed by atoms with Crippen LogP contribution in [0.2, 0.25) is 0 Å². The molecule has 0 spiro atoms. The third kappa shape index (κ3) is 3.87. The molecule has 0 bridgehead atoms. The highest BCUT2D eigenvalue weighted by Gasteiger charge is 2.24. The lowest BCUT2D eigenvalue weighted by Crippen LogP contribution is -2.13. The molecule has 21 heavy (non-hydrogen) atoms. The van der Waals surface area contributed by atoms with Crippen molar-refractivity contribution in [1.82, 2.24) is 0 Å². The van der Waals surface area contributed by atoms with Crippen LogP contribution in [0.3, 0.4) is 0 Å². The standard InChI is InChI=1S/C17H15N3O/c1-2-13-21-17(15-11-7-4-8-12-15)16(19-20-18)14-9-5-3-6-10-14/h1,3-12,16-17H,13H2/t16-,17+/m0/s1. The predicted molar refractivity (Wildman–Crippen MR) is 82.3 cm³/mol. The van der Waals surface area contributed by atoms with Crippen LogP contribution < -0.4 is 0 Å². The first-order valence-electron chi connectivity index (χ1n) is 6.56. The number of hydrogen-bond acceptors (Lipinski definition) is 2. The minimum Gasteiger partial charge on any atom is -0.360 e. The van der Waals surface area contributed by atoms with Crippen LogP contribution in [-0.2, 0) is 4.74 Å². The van der Waals surface area contributed by atoms with Crippen molar-refractivity contribution >= 4 is 0 Å². The fraction of sp³-hybridized carbons (Fsp3) is 0.176. The topological polar surface area (TPSA) is 58.0 Å². The van der Waals surface area contributed by atoms with E-state index in [0.29, 0.717) is 0 Å². The average molecular weight is 277 g/mol. The second kappa shape index (κ2) is 7.76. The summed E-state index contributed by atoms with van der Waals surface area (Å²) in [4.78, 5) is 2.96. The zero-order chi connectivity index (χ0) is 14.9. The normalized spacial score (nSPS) is 12.7. The highest BCUT2D eigenvalue weighted by Crippen LogP contribution is 2.35. The van der Waals surface area contributed by atoms with E-state index in [0.717, 1.165) is 11.1 Å². The molecule has 0 amide bonds. The zero-order valence-corrected chi connectivity index (χ0v) is 11.5. The summed E-state index contributed by atoms with van der Waals surface area (Å²) in [5.74, 6) is 2.46. The largest absolute Gasteiger partial charge is 0.360 e. The van der Waals surface area contributed by atoms with Crippen LogP contribution in [0.25, 0.3) is 10.4 Å². The molecule has 0 N–H and O–H groups in total. The minimum atomic E-state index is -0.466. The molecule has 4 heteroatoms. The van der Waals surface area contributed by atoms with E-state index in [2.05, 4.69) is 15.9 Å². The monoisotopic (exact) mass is 277 g/mol. The van der Waals surface area contributed by atoms with Gasteiger partial charge in [0.1, 0.15) is 6.61 Å². The fourth-order valence-corrected chi connectivity index (χ4v) is 2.16. The van der Waals surface area contributed by atoms with E-state index in [9.17, 15) is 0 Å². The lowest BCUT2D eigenvalue weighted by molar-refractivity contribution is 0.0571. The number of terminal acetylenes is 1. The number of azide groups is 1. The van der Waals surface area contributed by atoms with Crippen LogP contribution in [0.15, 0.2) is 65.8 Å². The molecule has 2 aromatic rings. The number of hydrogen-bond donors (Lipinski definition) is 0. The maximum Gasteiger partial charge on any atom is 0.108 e. The first-order valence-corrected chi connectivity index (χ1v) is 6.56. The first-order chi connectivity index (χ1) is 10.4. The van der Waals surface area contributed by atoms with Gasteiger partial charge in [-0.1, -0.05) is 71.7 Å². The van der Waals surface area contributed by atoms with Gasteiger partial charge in [0.05, 0.1) is 12.1 Å². The summed E-state index contributed by atoms with van der Waals surface area (Å²) in [7, 11) is 0. The number of benzene rings is 2. The fourth-order valence-electron chi connectivity index (χ4n) is 2.16. The van der Waals surface area contributed by atoms with E-state index in [1.54, 1.807) is 0 Å². The SMILES string of the molecule is C#CCO[C@H](c1ccccc1)[C@@H](N=[N+]=[N-])c1ccccc1. The van der Waals surface area contributed by atoms with E-state index in [1.807, 2.05) is 60.7 Å². The highest BCUT2D eigenvalue weighted by molar-refractivity contribution is 5.26. The summed E-state index contributed by atoms with van der Waals surface area (Å²) >= 11 is 0. The first kappa shape index (κ1) is 14.7. The van der Waals surface area contributed by atoms with Crippen LogP contribution >= 0.6 is 0 Å².